The average molecular weight is 205 g/mol. The normalized spacial score (nSPS) is 8.43. The minimum Gasteiger partial charge on any atom is 0 e. The molecule has 0 amide bonds. The van der Waals surface area contributed by atoms with Crippen molar-refractivity contribution < 1.29 is 38.7 Å². The average Bonchev–Trinajstić information content (AvgIpc) is 0.722. The summed E-state index contributed by atoms with van der Waals surface area (Å²) in [6.45, 7) is 0. The summed E-state index contributed by atoms with van der Waals surface area (Å²) in [5.74, 6) is 0. The standard InChI is InChI=1S/Ca.H3O4P.Zn.2H/c;1-5(2,3)4;;;/h;(H3,1,2,3,4);;;. The molecule has 3 N–H and O–H groups in total. The van der Waals surface area contributed by atoms with Crippen LogP contribution in [0.15, 0.2) is 0 Å². The second-order valence-corrected chi connectivity index (χ2v) is 1.54. The Morgan fingerprint density at radius 2 is 1.14 bits per heavy atom. The molecule has 0 atom stereocenters. The summed E-state index contributed by atoms with van der Waals surface area (Å²) in [6, 6.07) is 0. The predicted molar refractivity (Wildman–Crippen MR) is 22.8 cm³/mol. The second kappa shape index (κ2) is 6.12. The Kier molecular flexibility index (Phi) is 14.0. The van der Waals surface area contributed by atoms with Gasteiger partial charge < -0.3 is 14.7 Å². The van der Waals surface area contributed by atoms with Gasteiger partial charge in [0.15, 0.2) is 0 Å². The molecule has 0 bridgehead atoms. The molecule has 4 nitrogen and oxygen atoms in total. The SMILES string of the molecule is O=P(O)(O)O.[CaH2].[Zn]. The van der Waals surface area contributed by atoms with Gasteiger partial charge in [-0.25, -0.2) is 4.57 Å². The number of phosphoric acid groups is 1. The Morgan fingerprint density at radius 3 is 1.14 bits per heavy atom. The van der Waals surface area contributed by atoms with Gasteiger partial charge in [-0.3, -0.25) is 0 Å². The van der Waals surface area contributed by atoms with Crippen molar-refractivity contribution in [3.8, 4) is 0 Å². The monoisotopic (exact) mass is 204 g/mol. The third-order valence-electron chi connectivity index (χ3n) is 0. The van der Waals surface area contributed by atoms with Crippen molar-refractivity contribution in [2.45, 2.75) is 0 Å². The zero-order valence-electron chi connectivity index (χ0n) is 2.90. The van der Waals surface area contributed by atoms with E-state index < -0.39 is 7.82 Å². The molecular formula is H5CaO4PZn. The van der Waals surface area contributed by atoms with Gasteiger partial charge in [-0.2, -0.15) is 0 Å². The molecule has 0 aromatic heterocycles. The molecule has 38 valence electrons. The summed E-state index contributed by atoms with van der Waals surface area (Å²) < 4.78 is 8.88. The summed E-state index contributed by atoms with van der Waals surface area (Å²) in [5, 5.41) is 0. The van der Waals surface area contributed by atoms with Crippen LogP contribution in [-0.4, -0.2) is 52.4 Å². The first-order valence-corrected chi connectivity index (χ1v) is 2.35. The maximum absolute atomic E-state index is 8.88. The van der Waals surface area contributed by atoms with Crippen LogP contribution in [0.2, 0.25) is 0 Å². The van der Waals surface area contributed by atoms with E-state index in [1.54, 1.807) is 0 Å². The summed E-state index contributed by atoms with van der Waals surface area (Å²) >= 11 is 0. The Bertz CT molecular complexity index is 57.8. The first-order valence-electron chi connectivity index (χ1n) is 0.783. The van der Waals surface area contributed by atoms with Crippen molar-refractivity contribution >= 4 is 45.6 Å². The molecule has 0 fully saturated rings. The van der Waals surface area contributed by atoms with Crippen LogP contribution in [0, 0.1) is 0 Å². The minimum absolute atomic E-state index is 0. The molecule has 0 aliphatic rings. The quantitative estimate of drug-likeness (QED) is 0.321. The van der Waals surface area contributed by atoms with Crippen molar-refractivity contribution in [1.29, 1.82) is 0 Å². The Morgan fingerprint density at radius 1 is 1.14 bits per heavy atom. The van der Waals surface area contributed by atoms with Gasteiger partial charge in [-0.15, -0.1) is 0 Å². The summed E-state index contributed by atoms with van der Waals surface area (Å²) in [7, 11) is -4.64. The molecule has 7 heteroatoms. The molecule has 0 radical (unpaired) electrons. The van der Waals surface area contributed by atoms with Gasteiger partial charge in [0, 0.05) is 19.5 Å². The molecule has 0 aromatic carbocycles. The number of hydrogen-bond acceptors (Lipinski definition) is 1. The third-order valence-corrected chi connectivity index (χ3v) is 0. The van der Waals surface area contributed by atoms with E-state index >= 15 is 0 Å². The third kappa shape index (κ3) is 72.3. The van der Waals surface area contributed by atoms with E-state index in [0.717, 1.165) is 0 Å². The minimum atomic E-state index is -4.64. The van der Waals surface area contributed by atoms with Crippen LogP contribution >= 0.6 is 7.82 Å². The van der Waals surface area contributed by atoms with Crippen LogP contribution in [-0.2, 0) is 24.0 Å². The van der Waals surface area contributed by atoms with E-state index in [1.807, 2.05) is 0 Å². The van der Waals surface area contributed by atoms with Crippen molar-refractivity contribution in [2.24, 2.45) is 0 Å². The van der Waals surface area contributed by atoms with Crippen molar-refractivity contribution in [1.82, 2.24) is 0 Å². The van der Waals surface area contributed by atoms with Crippen LogP contribution in [0.1, 0.15) is 0 Å². The van der Waals surface area contributed by atoms with Crippen LogP contribution in [0.3, 0.4) is 0 Å². The summed E-state index contributed by atoms with van der Waals surface area (Å²) in [5.41, 5.74) is 0. The zero-order chi connectivity index (χ0) is 4.50. The van der Waals surface area contributed by atoms with Crippen LogP contribution in [0.5, 0.6) is 0 Å². The van der Waals surface area contributed by atoms with E-state index in [9.17, 15) is 0 Å². The van der Waals surface area contributed by atoms with Gasteiger partial charge in [-0.1, -0.05) is 0 Å². The maximum atomic E-state index is 8.88. The fourth-order valence-electron chi connectivity index (χ4n) is 0. The zero-order valence-corrected chi connectivity index (χ0v) is 6.77. The molecular weight excluding hydrogens is 200 g/mol. The van der Waals surface area contributed by atoms with Gasteiger partial charge >= 0.3 is 45.6 Å². The first-order chi connectivity index (χ1) is 2.00. The molecule has 0 aliphatic carbocycles. The maximum Gasteiger partial charge on any atom is 0 e. The molecule has 0 heterocycles. The first kappa shape index (κ1) is 16.0. The molecule has 0 unspecified atom stereocenters. The van der Waals surface area contributed by atoms with E-state index in [1.165, 1.54) is 0 Å². The van der Waals surface area contributed by atoms with Crippen LogP contribution in [0.25, 0.3) is 0 Å². The number of hydrogen-bond donors (Lipinski definition) is 3. The fraction of sp³-hybridized carbons (Fsp3) is 0. The van der Waals surface area contributed by atoms with E-state index in [2.05, 4.69) is 0 Å². The van der Waals surface area contributed by atoms with Gasteiger partial charge in [0.2, 0.25) is 0 Å². The van der Waals surface area contributed by atoms with E-state index in [0.29, 0.717) is 0 Å². The summed E-state index contributed by atoms with van der Waals surface area (Å²) in [4.78, 5) is 21.6. The summed E-state index contributed by atoms with van der Waals surface area (Å²) in [6.07, 6.45) is 0. The predicted octanol–water partition coefficient (Wildman–Crippen LogP) is -1.85. The molecule has 0 aliphatic heterocycles. The Labute approximate surface area is 83.3 Å². The molecule has 7 heavy (non-hydrogen) atoms. The van der Waals surface area contributed by atoms with Gasteiger partial charge in [-0.05, 0) is 0 Å². The Hall–Kier alpha value is 1.99. The van der Waals surface area contributed by atoms with Crippen LogP contribution in [0.4, 0.5) is 0 Å². The largest absolute Gasteiger partial charge is 0 e. The van der Waals surface area contributed by atoms with Crippen LogP contribution < -0.4 is 0 Å². The second-order valence-electron chi connectivity index (χ2n) is 0.513. The van der Waals surface area contributed by atoms with Crippen molar-refractivity contribution in [3.63, 3.8) is 0 Å². The van der Waals surface area contributed by atoms with Gasteiger partial charge in [0.1, 0.15) is 0 Å². The molecule has 0 saturated heterocycles. The van der Waals surface area contributed by atoms with Gasteiger partial charge in [0.25, 0.3) is 0 Å². The molecule has 0 spiro atoms. The fourth-order valence-corrected chi connectivity index (χ4v) is 0. The van der Waals surface area contributed by atoms with Crippen molar-refractivity contribution in [3.05, 3.63) is 0 Å². The van der Waals surface area contributed by atoms with Crippen molar-refractivity contribution in [2.75, 3.05) is 0 Å². The van der Waals surface area contributed by atoms with Gasteiger partial charge in [0.05, 0.1) is 0 Å². The van der Waals surface area contributed by atoms with E-state index in [4.69, 9.17) is 19.2 Å². The van der Waals surface area contributed by atoms with E-state index in [-0.39, 0.29) is 57.2 Å². The number of rotatable bonds is 0. The molecule has 0 rings (SSSR count). The molecule has 0 saturated carbocycles. The Balaban J connectivity index is -0.0000000800. The molecule has 0 aromatic rings. The smallest absolute Gasteiger partial charge is 0 e. The topological polar surface area (TPSA) is 77.8 Å².